The first-order chi connectivity index (χ1) is 10.8. The number of nitriles is 1. The zero-order valence-electron chi connectivity index (χ0n) is 13.1. The van der Waals surface area contributed by atoms with Gasteiger partial charge in [-0.25, -0.2) is 8.42 Å². The molecule has 2 fully saturated rings. The van der Waals surface area contributed by atoms with Crippen LogP contribution in [0.5, 0.6) is 0 Å². The van der Waals surface area contributed by atoms with Crippen LogP contribution in [0.1, 0.15) is 32.3 Å². The molecule has 2 heterocycles. The molecular weight excluding hydrogens is 336 g/mol. The Kier molecular flexibility index (Phi) is 4.18. The molecule has 0 aromatic heterocycles. The fraction of sp³-hybridized carbons (Fsp3) is 0.562. The van der Waals surface area contributed by atoms with Crippen LogP contribution in [0.15, 0.2) is 23.1 Å². The first kappa shape index (κ1) is 16.7. The summed E-state index contributed by atoms with van der Waals surface area (Å²) in [6.07, 6.45) is 1.80. The topological polar surface area (TPSA) is 70.4 Å². The lowest BCUT2D eigenvalue weighted by Gasteiger charge is -2.55. The van der Waals surface area contributed by atoms with Gasteiger partial charge in [0.1, 0.15) is 6.07 Å². The molecule has 7 heteroatoms. The van der Waals surface area contributed by atoms with E-state index in [1.807, 2.05) is 6.07 Å². The average Bonchev–Trinajstić information content (AvgIpc) is 2.98. The summed E-state index contributed by atoms with van der Waals surface area (Å²) in [5.41, 5.74) is 0.156. The molecule has 2 atom stereocenters. The molecule has 2 aliphatic rings. The summed E-state index contributed by atoms with van der Waals surface area (Å²) in [5, 5.41) is 9.08. The van der Waals surface area contributed by atoms with E-state index >= 15 is 0 Å². The molecule has 2 saturated heterocycles. The van der Waals surface area contributed by atoms with Crippen molar-refractivity contribution in [2.75, 3.05) is 13.2 Å². The molecule has 0 N–H and O–H groups in total. The van der Waals surface area contributed by atoms with E-state index in [0.717, 1.165) is 12.8 Å². The number of rotatable bonds is 3. The van der Waals surface area contributed by atoms with Crippen molar-refractivity contribution < 1.29 is 13.2 Å². The molecule has 0 amide bonds. The number of halogens is 1. The lowest BCUT2D eigenvalue weighted by Crippen LogP contribution is -2.67. The fourth-order valence-electron chi connectivity index (χ4n) is 3.53. The number of hydrogen-bond donors (Lipinski definition) is 0. The Hall–Kier alpha value is -1.13. The molecule has 23 heavy (non-hydrogen) atoms. The van der Waals surface area contributed by atoms with Crippen LogP contribution in [0.25, 0.3) is 0 Å². The van der Waals surface area contributed by atoms with Gasteiger partial charge in [-0.1, -0.05) is 25.4 Å². The molecule has 0 bridgehead atoms. The summed E-state index contributed by atoms with van der Waals surface area (Å²) < 4.78 is 33.2. The minimum atomic E-state index is -3.65. The van der Waals surface area contributed by atoms with E-state index in [1.54, 1.807) is 0 Å². The van der Waals surface area contributed by atoms with Gasteiger partial charge in [0.15, 0.2) is 0 Å². The average molecular weight is 355 g/mol. The lowest BCUT2D eigenvalue weighted by atomic mass is 9.74. The zero-order chi connectivity index (χ0) is 16.8. The van der Waals surface area contributed by atoms with Gasteiger partial charge in [0.25, 0.3) is 0 Å². The van der Waals surface area contributed by atoms with Crippen molar-refractivity contribution in [3.63, 3.8) is 0 Å². The minimum absolute atomic E-state index is 0.0534. The van der Waals surface area contributed by atoms with Crippen molar-refractivity contribution in [3.8, 4) is 6.07 Å². The summed E-state index contributed by atoms with van der Waals surface area (Å²) in [4.78, 5) is 0.125. The maximum Gasteiger partial charge on any atom is 0.243 e. The Morgan fingerprint density at radius 2 is 2.17 bits per heavy atom. The largest absolute Gasteiger partial charge is 0.377 e. The van der Waals surface area contributed by atoms with Crippen molar-refractivity contribution in [1.82, 2.24) is 4.31 Å². The smallest absolute Gasteiger partial charge is 0.243 e. The van der Waals surface area contributed by atoms with Gasteiger partial charge in [-0.3, -0.25) is 0 Å². The van der Waals surface area contributed by atoms with E-state index < -0.39 is 10.0 Å². The van der Waals surface area contributed by atoms with Crippen molar-refractivity contribution in [1.29, 1.82) is 5.26 Å². The fourth-order valence-corrected chi connectivity index (χ4v) is 5.82. The van der Waals surface area contributed by atoms with Crippen molar-refractivity contribution >= 4 is 21.6 Å². The van der Waals surface area contributed by atoms with E-state index in [4.69, 9.17) is 21.6 Å². The lowest BCUT2D eigenvalue weighted by molar-refractivity contribution is -0.0712. The highest BCUT2D eigenvalue weighted by atomic mass is 35.5. The van der Waals surface area contributed by atoms with Gasteiger partial charge in [-0.2, -0.15) is 9.57 Å². The van der Waals surface area contributed by atoms with Crippen LogP contribution in [0, 0.1) is 16.7 Å². The Morgan fingerprint density at radius 1 is 1.43 bits per heavy atom. The normalized spacial score (nSPS) is 27.4. The molecule has 2 unspecified atom stereocenters. The third-order valence-corrected chi connectivity index (χ3v) is 6.79. The zero-order valence-corrected chi connectivity index (χ0v) is 14.7. The van der Waals surface area contributed by atoms with E-state index in [0.29, 0.717) is 13.2 Å². The molecule has 1 aromatic carbocycles. The van der Waals surface area contributed by atoms with Crippen LogP contribution in [0.3, 0.4) is 0 Å². The highest BCUT2D eigenvalue weighted by Crippen LogP contribution is 2.45. The Morgan fingerprint density at radius 3 is 2.70 bits per heavy atom. The number of hydrogen-bond acceptors (Lipinski definition) is 4. The monoisotopic (exact) mass is 354 g/mol. The summed E-state index contributed by atoms with van der Waals surface area (Å²) in [7, 11) is -3.65. The summed E-state index contributed by atoms with van der Waals surface area (Å²) in [5.74, 6) is 0. The van der Waals surface area contributed by atoms with Crippen LogP contribution >= 0.6 is 11.6 Å². The Bertz CT molecular complexity index is 764. The minimum Gasteiger partial charge on any atom is -0.377 e. The van der Waals surface area contributed by atoms with Crippen LogP contribution in [0.4, 0.5) is 0 Å². The second-order valence-electron chi connectivity index (χ2n) is 6.79. The van der Waals surface area contributed by atoms with E-state index in [1.165, 1.54) is 22.5 Å². The van der Waals surface area contributed by atoms with E-state index in [2.05, 4.69) is 13.8 Å². The molecule has 5 nitrogen and oxygen atoms in total. The third-order valence-electron chi connectivity index (χ3n) is 4.66. The van der Waals surface area contributed by atoms with Crippen LogP contribution in [0.2, 0.25) is 5.02 Å². The molecule has 0 saturated carbocycles. The molecule has 1 aromatic rings. The summed E-state index contributed by atoms with van der Waals surface area (Å²) in [6, 6.07) is 6.02. The number of nitrogens with zero attached hydrogens (tertiary/aromatic N) is 2. The van der Waals surface area contributed by atoms with Gasteiger partial charge >= 0.3 is 0 Å². The third kappa shape index (κ3) is 2.76. The van der Waals surface area contributed by atoms with Crippen molar-refractivity contribution in [3.05, 3.63) is 28.8 Å². The molecule has 124 valence electrons. The Labute approximate surface area is 141 Å². The van der Waals surface area contributed by atoms with E-state index in [-0.39, 0.29) is 33.0 Å². The van der Waals surface area contributed by atoms with Crippen LogP contribution in [-0.4, -0.2) is 38.0 Å². The van der Waals surface area contributed by atoms with Crippen molar-refractivity contribution in [2.45, 2.75) is 43.7 Å². The molecule has 0 radical (unpaired) electrons. The van der Waals surface area contributed by atoms with Crippen LogP contribution < -0.4 is 0 Å². The molecule has 0 spiro atoms. The Balaban J connectivity index is 1.93. The van der Waals surface area contributed by atoms with Gasteiger partial charge < -0.3 is 4.74 Å². The number of benzene rings is 1. The number of sulfonamides is 1. The van der Waals surface area contributed by atoms with Gasteiger partial charge in [0.2, 0.25) is 10.0 Å². The first-order valence-corrected chi connectivity index (χ1v) is 9.42. The SMILES string of the molecule is CC1(C)CN(S(=O)(=O)c2ccc(C#N)c(Cl)c2)C1C1CCCO1. The van der Waals surface area contributed by atoms with Gasteiger partial charge in [0, 0.05) is 13.2 Å². The number of ether oxygens (including phenoxy) is 1. The van der Waals surface area contributed by atoms with Gasteiger partial charge in [0.05, 0.1) is 27.6 Å². The second-order valence-corrected chi connectivity index (χ2v) is 9.09. The van der Waals surface area contributed by atoms with Gasteiger partial charge in [-0.05, 0) is 36.5 Å². The van der Waals surface area contributed by atoms with Gasteiger partial charge in [-0.15, -0.1) is 0 Å². The highest BCUT2D eigenvalue weighted by Gasteiger charge is 2.55. The second kappa shape index (κ2) is 5.75. The summed E-state index contributed by atoms with van der Waals surface area (Å²) >= 11 is 5.99. The maximum absolute atomic E-state index is 13.0. The highest BCUT2D eigenvalue weighted by molar-refractivity contribution is 7.89. The maximum atomic E-state index is 13.0. The standard InChI is InChI=1S/C16H19ClN2O3S/c1-16(2)10-19(15(16)14-4-3-7-22-14)23(20,21)12-6-5-11(9-18)13(17)8-12/h5-6,8,14-15H,3-4,7,10H2,1-2H3. The van der Waals surface area contributed by atoms with E-state index in [9.17, 15) is 8.42 Å². The first-order valence-electron chi connectivity index (χ1n) is 7.60. The predicted molar refractivity (Wildman–Crippen MR) is 86.6 cm³/mol. The quantitative estimate of drug-likeness (QED) is 0.836. The molecule has 0 aliphatic carbocycles. The molecular formula is C16H19ClN2O3S. The van der Waals surface area contributed by atoms with Crippen LogP contribution in [-0.2, 0) is 14.8 Å². The molecule has 3 rings (SSSR count). The predicted octanol–water partition coefficient (Wildman–Crippen LogP) is 2.79. The summed E-state index contributed by atoms with van der Waals surface area (Å²) in [6.45, 7) is 5.28. The van der Waals surface area contributed by atoms with Crippen molar-refractivity contribution in [2.24, 2.45) is 5.41 Å². The molecule has 2 aliphatic heterocycles.